The lowest BCUT2D eigenvalue weighted by atomic mass is 9.34. The SMILES string of the molecule is COc1ccc2c3c1O[C@H]1[C@@]4(OC)CC[C@@]5(C[C@@H]4[C@H](N[C@H](C(N)=O)c4ccccc4)c4ccccc4)[C@@H](C2)N(CC2CC2)CC[C@]315. The van der Waals surface area contributed by atoms with Gasteiger partial charge in [0.25, 0.3) is 0 Å². The van der Waals surface area contributed by atoms with Gasteiger partial charge in [0.05, 0.1) is 7.11 Å². The van der Waals surface area contributed by atoms with Crippen LogP contribution in [-0.4, -0.2) is 55.9 Å². The number of hydrogen-bond acceptors (Lipinski definition) is 6. The maximum atomic E-state index is 13.2. The third kappa shape index (κ3) is 3.73. The van der Waals surface area contributed by atoms with Crippen molar-refractivity contribution in [1.29, 1.82) is 0 Å². The summed E-state index contributed by atoms with van der Waals surface area (Å²) in [6, 6.07) is 24.6. The summed E-state index contributed by atoms with van der Waals surface area (Å²) in [6.07, 6.45) is 7.70. The Morgan fingerprint density at radius 3 is 2.41 bits per heavy atom. The van der Waals surface area contributed by atoms with Crippen molar-refractivity contribution in [2.75, 3.05) is 27.3 Å². The quantitative estimate of drug-likeness (QED) is 0.313. The van der Waals surface area contributed by atoms with Crippen molar-refractivity contribution in [3.05, 3.63) is 95.1 Å². The highest BCUT2D eigenvalue weighted by atomic mass is 16.6. The second-order valence-electron chi connectivity index (χ2n) is 14.9. The number of primary amides is 1. The summed E-state index contributed by atoms with van der Waals surface area (Å²) >= 11 is 0. The summed E-state index contributed by atoms with van der Waals surface area (Å²) in [7, 11) is 3.65. The first-order valence-corrected chi connectivity index (χ1v) is 17.3. The van der Waals surface area contributed by atoms with Crippen molar-refractivity contribution < 1.29 is 19.0 Å². The number of methoxy groups -OCH3 is 2. The van der Waals surface area contributed by atoms with E-state index in [0.29, 0.717) is 6.04 Å². The van der Waals surface area contributed by atoms with E-state index >= 15 is 0 Å². The Hall–Kier alpha value is -3.39. The predicted molar refractivity (Wildman–Crippen MR) is 176 cm³/mol. The highest BCUT2D eigenvalue weighted by Crippen LogP contribution is 2.77. The lowest BCUT2D eigenvalue weighted by molar-refractivity contribution is -0.282. The summed E-state index contributed by atoms with van der Waals surface area (Å²) in [6.45, 7) is 2.30. The normalized spacial score (nSPS) is 34.8. The largest absolute Gasteiger partial charge is 0.493 e. The Labute approximate surface area is 271 Å². The summed E-state index contributed by atoms with van der Waals surface area (Å²) in [5, 5.41) is 3.85. The molecule has 4 bridgehead atoms. The Kier molecular flexibility index (Phi) is 6.45. The fraction of sp³-hybridized carbons (Fsp3) is 0.513. The smallest absolute Gasteiger partial charge is 0.239 e. The van der Waals surface area contributed by atoms with Gasteiger partial charge in [-0.3, -0.25) is 15.0 Å². The molecule has 5 fully saturated rings. The molecule has 3 N–H and O–H groups in total. The van der Waals surface area contributed by atoms with E-state index in [9.17, 15) is 4.79 Å². The van der Waals surface area contributed by atoms with Gasteiger partial charge in [0.1, 0.15) is 17.7 Å². The number of fused-ring (bicyclic) bond motifs is 2. The molecule has 4 saturated carbocycles. The van der Waals surface area contributed by atoms with Crippen molar-refractivity contribution in [3.63, 3.8) is 0 Å². The number of ether oxygens (including phenoxy) is 3. The molecule has 1 saturated heterocycles. The Morgan fingerprint density at radius 2 is 1.74 bits per heavy atom. The number of amides is 1. The van der Waals surface area contributed by atoms with E-state index in [1.54, 1.807) is 7.11 Å². The standard InChI is InChI=1S/C39H45N3O4/c1-44-29-16-15-27-21-30-37-17-18-39(45-2,36-38(37,31(27)34(29)46-36)19-20-42(30)23-24-13-14-24)28(22-37)32(25-9-5-3-6-10-25)41-33(35(40)43)26-11-7-4-8-12-26/h3-12,15-16,24,28,30,32-33,36,41H,13-14,17-23H2,1-2H3,(H2,40,43)/t28-,30-,32-,33+,36-,37-,38+,39-/m1/s1. The van der Waals surface area contributed by atoms with Crippen LogP contribution in [0.1, 0.15) is 72.9 Å². The van der Waals surface area contributed by atoms with Gasteiger partial charge in [0.15, 0.2) is 11.5 Å². The van der Waals surface area contributed by atoms with Crippen LogP contribution >= 0.6 is 0 Å². The lowest BCUT2D eigenvalue weighted by Crippen LogP contribution is -2.81. The van der Waals surface area contributed by atoms with E-state index in [1.807, 2.05) is 37.4 Å². The maximum Gasteiger partial charge on any atom is 0.239 e. The number of likely N-dealkylation sites (tertiary alicyclic amines) is 1. The summed E-state index contributed by atoms with van der Waals surface area (Å²) in [5.41, 5.74) is 10.3. The molecule has 0 unspecified atom stereocenters. The second-order valence-corrected chi connectivity index (χ2v) is 14.9. The van der Waals surface area contributed by atoms with Crippen molar-refractivity contribution in [3.8, 4) is 11.5 Å². The van der Waals surface area contributed by atoms with Gasteiger partial charge in [-0.05, 0) is 80.2 Å². The third-order valence-electron chi connectivity index (χ3n) is 13.2. The van der Waals surface area contributed by atoms with E-state index in [4.69, 9.17) is 19.9 Å². The van der Waals surface area contributed by atoms with E-state index in [1.165, 1.54) is 30.5 Å². The Balaban J connectivity index is 1.23. The van der Waals surface area contributed by atoms with Crippen LogP contribution in [0.2, 0.25) is 0 Å². The maximum absolute atomic E-state index is 13.2. The molecule has 46 heavy (non-hydrogen) atoms. The summed E-state index contributed by atoms with van der Waals surface area (Å²) in [4.78, 5) is 16.1. The van der Waals surface area contributed by atoms with Crippen LogP contribution in [0, 0.1) is 17.3 Å². The summed E-state index contributed by atoms with van der Waals surface area (Å²) < 4.78 is 20.2. The first-order valence-electron chi connectivity index (χ1n) is 17.3. The topological polar surface area (TPSA) is 86.0 Å². The van der Waals surface area contributed by atoms with Crippen LogP contribution in [0.25, 0.3) is 0 Å². The second kappa shape index (κ2) is 10.3. The molecule has 5 aliphatic carbocycles. The van der Waals surface area contributed by atoms with Gasteiger partial charge in [-0.1, -0.05) is 66.7 Å². The van der Waals surface area contributed by atoms with E-state index < -0.39 is 11.6 Å². The van der Waals surface area contributed by atoms with Crippen LogP contribution in [0.15, 0.2) is 72.8 Å². The van der Waals surface area contributed by atoms with Crippen LogP contribution in [-0.2, 0) is 21.4 Å². The lowest BCUT2D eigenvalue weighted by Gasteiger charge is -2.74. The van der Waals surface area contributed by atoms with E-state index in [-0.39, 0.29) is 34.8 Å². The minimum Gasteiger partial charge on any atom is -0.493 e. The molecule has 3 aromatic carbocycles. The van der Waals surface area contributed by atoms with Crippen molar-refractivity contribution >= 4 is 5.91 Å². The monoisotopic (exact) mass is 619 g/mol. The number of carbonyl (C=O) groups is 1. The van der Waals surface area contributed by atoms with Crippen molar-refractivity contribution in [1.82, 2.24) is 10.2 Å². The molecule has 240 valence electrons. The fourth-order valence-corrected chi connectivity index (χ4v) is 11.3. The molecule has 7 nitrogen and oxygen atoms in total. The Bertz CT molecular complexity index is 1660. The van der Waals surface area contributed by atoms with Crippen LogP contribution < -0.4 is 20.5 Å². The average molecular weight is 620 g/mol. The van der Waals surface area contributed by atoms with Gasteiger partial charge in [-0.25, -0.2) is 0 Å². The molecule has 1 amide bonds. The van der Waals surface area contributed by atoms with Crippen LogP contribution in [0.4, 0.5) is 0 Å². The van der Waals surface area contributed by atoms with Gasteiger partial charge in [-0.2, -0.15) is 0 Å². The molecule has 3 aromatic rings. The number of rotatable bonds is 10. The molecule has 0 aromatic heterocycles. The number of carbonyl (C=O) groups excluding carboxylic acids is 1. The zero-order chi connectivity index (χ0) is 31.3. The van der Waals surface area contributed by atoms with Crippen LogP contribution in [0.3, 0.4) is 0 Å². The molecule has 10 rings (SSSR count). The molecule has 8 atom stereocenters. The number of piperidine rings is 1. The van der Waals surface area contributed by atoms with E-state index in [0.717, 1.165) is 67.2 Å². The molecule has 7 aliphatic rings. The number of nitrogens with two attached hydrogens (primary N) is 1. The summed E-state index contributed by atoms with van der Waals surface area (Å²) in [5.74, 6) is 2.27. The van der Waals surface area contributed by atoms with Gasteiger partial charge in [-0.15, -0.1) is 0 Å². The molecule has 2 aliphatic heterocycles. The number of nitrogens with zero attached hydrogens (tertiary/aromatic N) is 1. The van der Waals surface area contributed by atoms with Gasteiger partial charge < -0.3 is 19.9 Å². The van der Waals surface area contributed by atoms with Crippen molar-refractivity contribution in [2.45, 2.75) is 80.2 Å². The van der Waals surface area contributed by atoms with Crippen molar-refractivity contribution in [2.24, 2.45) is 23.0 Å². The molecule has 2 heterocycles. The first-order chi connectivity index (χ1) is 22.5. The minimum absolute atomic E-state index is 0.0179. The van der Waals surface area contributed by atoms with Crippen LogP contribution in [0.5, 0.6) is 11.5 Å². The minimum atomic E-state index is -0.641. The highest BCUT2D eigenvalue weighted by molar-refractivity contribution is 5.81. The third-order valence-corrected chi connectivity index (χ3v) is 13.2. The fourth-order valence-electron chi connectivity index (χ4n) is 11.3. The molecule has 2 spiro atoms. The zero-order valence-electron chi connectivity index (χ0n) is 26.9. The average Bonchev–Trinajstić information content (AvgIpc) is 3.83. The first kappa shape index (κ1) is 28.8. The van der Waals surface area contributed by atoms with Gasteiger partial charge >= 0.3 is 0 Å². The van der Waals surface area contributed by atoms with Gasteiger partial charge in [0.2, 0.25) is 5.91 Å². The van der Waals surface area contributed by atoms with E-state index in [2.05, 4.69) is 52.7 Å². The Morgan fingerprint density at radius 1 is 1.00 bits per heavy atom. The molecular weight excluding hydrogens is 574 g/mol. The number of hydrogen-bond donors (Lipinski definition) is 2. The molecule has 7 heteroatoms. The highest BCUT2D eigenvalue weighted by Gasteiger charge is 2.81. The number of benzene rings is 3. The molecule has 0 radical (unpaired) electrons. The zero-order valence-corrected chi connectivity index (χ0v) is 26.9. The van der Waals surface area contributed by atoms with Gasteiger partial charge in [0, 0.05) is 48.0 Å². The molecular formula is C39H45N3O4. The number of nitrogens with one attached hydrogen (secondary N) is 1. The predicted octanol–water partition coefficient (Wildman–Crippen LogP) is 5.48.